The molecule has 0 saturated carbocycles. The SMILES string of the molecule is CN(C)S(=O)(=O)c1cccc(NC(=O)CN2C(=O)N[C@H](Cc3ccccc3)C2=O)c1. The average Bonchev–Trinajstić information content (AvgIpc) is 2.96. The van der Waals surface area contributed by atoms with Crippen molar-refractivity contribution in [2.24, 2.45) is 0 Å². The van der Waals surface area contributed by atoms with E-state index in [-0.39, 0.29) is 10.6 Å². The number of imide groups is 1. The molecule has 0 spiro atoms. The highest BCUT2D eigenvalue weighted by Crippen LogP contribution is 2.18. The minimum absolute atomic E-state index is 0.0169. The van der Waals surface area contributed by atoms with Gasteiger partial charge in [-0.2, -0.15) is 0 Å². The smallest absolute Gasteiger partial charge is 0.325 e. The molecular weight excluding hydrogens is 408 g/mol. The summed E-state index contributed by atoms with van der Waals surface area (Å²) < 4.78 is 25.5. The zero-order valence-corrected chi connectivity index (χ0v) is 17.3. The lowest BCUT2D eigenvalue weighted by Crippen LogP contribution is -2.38. The number of hydrogen-bond donors (Lipinski definition) is 2. The number of amides is 4. The Morgan fingerprint density at radius 2 is 1.80 bits per heavy atom. The van der Waals surface area contributed by atoms with Crippen LogP contribution in [0.3, 0.4) is 0 Å². The summed E-state index contributed by atoms with van der Waals surface area (Å²) in [5, 5.41) is 5.12. The molecule has 1 aliphatic rings. The molecule has 3 rings (SSSR count). The maximum Gasteiger partial charge on any atom is 0.325 e. The van der Waals surface area contributed by atoms with Crippen molar-refractivity contribution in [3.63, 3.8) is 0 Å². The Morgan fingerprint density at radius 1 is 1.10 bits per heavy atom. The van der Waals surface area contributed by atoms with Gasteiger partial charge in [0.1, 0.15) is 12.6 Å². The summed E-state index contributed by atoms with van der Waals surface area (Å²) in [5.74, 6) is -1.10. The van der Waals surface area contributed by atoms with Gasteiger partial charge in [0.25, 0.3) is 5.91 Å². The summed E-state index contributed by atoms with van der Waals surface area (Å²) in [4.78, 5) is 38.0. The van der Waals surface area contributed by atoms with Crippen LogP contribution < -0.4 is 10.6 Å². The van der Waals surface area contributed by atoms with Gasteiger partial charge in [-0.25, -0.2) is 17.5 Å². The van der Waals surface area contributed by atoms with Crippen molar-refractivity contribution in [1.29, 1.82) is 0 Å². The molecule has 1 atom stereocenters. The Kier molecular flexibility index (Phi) is 6.18. The second-order valence-corrected chi connectivity index (χ2v) is 9.13. The lowest BCUT2D eigenvalue weighted by molar-refractivity contribution is -0.130. The van der Waals surface area contributed by atoms with Crippen LogP contribution in [0.2, 0.25) is 0 Å². The molecule has 0 unspecified atom stereocenters. The molecular formula is C20H22N4O5S. The van der Waals surface area contributed by atoms with Crippen LogP contribution in [0.1, 0.15) is 5.56 Å². The van der Waals surface area contributed by atoms with Crippen LogP contribution in [-0.4, -0.2) is 62.2 Å². The van der Waals surface area contributed by atoms with E-state index in [1.807, 2.05) is 30.3 Å². The molecule has 0 bridgehead atoms. The summed E-state index contributed by atoms with van der Waals surface area (Å²) >= 11 is 0. The van der Waals surface area contributed by atoms with Gasteiger partial charge in [-0.15, -0.1) is 0 Å². The number of nitrogens with one attached hydrogen (secondary N) is 2. The summed E-state index contributed by atoms with van der Waals surface area (Å²) in [5.41, 5.74) is 1.14. The fraction of sp³-hybridized carbons (Fsp3) is 0.250. The molecule has 2 aromatic rings. The Morgan fingerprint density at radius 3 is 2.47 bits per heavy atom. The van der Waals surface area contributed by atoms with E-state index in [1.54, 1.807) is 0 Å². The van der Waals surface area contributed by atoms with Gasteiger partial charge < -0.3 is 10.6 Å². The first-order valence-electron chi connectivity index (χ1n) is 9.17. The molecule has 1 fully saturated rings. The predicted octanol–water partition coefficient (Wildman–Crippen LogP) is 1.04. The number of urea groups is 1. The molecule has 2 aromatic carbocycles. The van der Waals surface area contributed by atoms with Crippen LogP contribution >= 0.6 is 0 Å². The Labute approximate surface area is 174 Å². The maximum atomic E-state index is 12.5. The lowest BCUT2D eigenvalue weighted by atomic mass is 10.1. The number of rotatable bonds is 7. The van der Waals surface area contributed by atoms with E-state index in [9.17, 15) is 22.8 Å². The van der Waals surface area contributed by atoms with Gasteiger partial charge in [0.2, 0.25) is 15.9 Å². The summed E-state index contributed by atoms with van der Waals surface area (Å²) in [7, 11) is -0.845. The summed E-state index contributed by atoms with van der Waals surface area (Å²) in [6, 6.07) is 13.6. The van der Waals surface area contributed by atoms with E-state index in [0.29, 0.717) is 6.42 Å². The normalized spacial score (nSPS) is 16.6. The van der Waals surface area contributed by atoms with Crippen LogP contribution in [0.4, 0.5) is 10.5 Å². The topological polar surface area (TPSA) is 116 Å². The standard InChI is InChI=1S/C20H22N4O5S/c1-23(2)30(28,29)16-10-6-9-15(12-16)21-18(25)13-24-19(26)17(22-20(24)27)11-14-7-4-3-5-8-14/h3-10,12,17H,11,13H2,1-2H3,(H,21,25)(H,22,27)/t17-/m1/s1. The van der Waals surface area contributed by atoms with Gasteiger partial charge in [0.15, 0.2) is 0 Å². The van der Waals surface area contributed by atoms with Gasteiger partial charge in [0, 0.05) is 26.2 Å². The van der Waals surface area contributed by atoms with Gasteiger partial charge in [-0.1, -0.05) is 36.4 Å². The molecule has 2 N–H and O–H groups in total. The number of hydrogen-bond acceptors (Lipinski definition) is 5. The van der Waals surface area contributed by atoms with E-state index in [4.69, 9.17) is 0 Å². The maximum absolute atomic E-state index is 12.5. The van der Waals surface area contributed by atoms with Gasteiger partial charge in [0.05, 0.1) is 4.90 Å². The molecule has 0 aliphatic carbocycles. The van der Waals surface area contributed by atoms with E-state index in [0.717, 1.165) is 14.8 Å². The molecule has 1 aliphatic heterocycles. The zero-order chi connectivity index (χ0) is 21.9. The van der Waals surface area contributed by atoms with E-state index >= 15 is 0 Å². The zero-order valence-electron chi connectivity index (χ0n) is 16.5. The van der Waals surface area contributed by atoms with Crippen molar-refractivity contribution in [2.75, 3.05) is 26.0 Å². The van der Waals surface area contributed by atoms with E-state index < -0.39 is 40.5 Å². The van der Waals surface area contributed by atoms with Crippen LogP contribution in [0.5, 0.6) is 0 Å². The summed E-state index contributed by atoms with van der Waals surface area (Å²) in [6.45, 7) is -0.472. The number of carbonyl (C=O) groups is 3. The highest BCUT2D eigenvalue weighted by Gasteiger charge is 2.38. The Balaban J connectivity index is 1.65. The number of nitrogens with zero attached hydrogens (tertiary/aromatic N) is 2. The monoisotopic (exact) mass is 430 g/mol. The minimum atomic E-state index is -3.66. The van der Waals surface area contributed by atoms with E-state index in [1.165, 1.54) is 38.4 Å². The minimum Gasteiger partial charge on any atom is -0.325 e. The highest BCUT2D eigenvalue weighted by molar-refractivity contribution is 7.89. The van der Waals surface area contributed by atoms with Crippen molar-refractivity contribution in [3.05, 3.63) is 60.2 Å². The Bertz CT molecular complexity index is 1070. The molecule has 158 valence electrons. The second kappa shape index (κ2) is 8.64. The van der Waals surface area contributed by atoms with E-state index in [2.05, 4.69) is 10.6 Å². The number of anilines is 1. The predicted molar refractivity (Wildman–Crippen MR) is 110 cm³/mol. The fourth-order valence-electron chi connectivity index (χ4n) is 3.00. The first-order valence-corrected chi connectivity index (χ1v) is 10.6. The highest BCUT2D eigenvalue weighted by atomic mass is 32.2. The number of sulfonamides is 1. The molecule has 1 heterocycles. The largest absolute Gasteiger partial charge is 0.325 e. The molecule has 4 amide bonds. The third-order valence-electron chi connectivity index (χ3n) is 4.59. The van der Waals surface area contributed by atoms with Gasteiger partial charge in [-0.3, -0.25) is 14.5 Å². The van der Waals surface area contributed by atoms with Crippen molar-refractivity contribution in [2.45, 2.75) is 17.4 Å². The Hall–Kier alpha value is -3.24. The molecule has 10 heteroatoms. The third kappa shape index (κ3) is 4.66. The summed E-state index contributed by atoms with van der Waals surface area (Å²) in [6.07, 6.45) is 0.327. The van der Waals surface area contributed by atoms with Crippen LogP contribution in [0, 0.1) is 0 Å². The average molecular weight is 430 g/mol. The third-order valence-corrected chi connectivity index (χ3v) is 6.40. The van der Waals surface area contributed by atoms with Gasteiger partial charge in [-0.05, 0) is 23.8 Å². The number of carbonyl (C=O) groups excluding carboxylic acids is 3. The van der Waals surface area contributed by atoms with Crippen LogP contribution in [0.25, 0.3) is 0 Å². The second-order valence-electron chi connectivity index (χ2n) is 6.98. The molecule has 0 radical (unpaired) electrons. The van der Waals surface area contributed by atoms with Crippen LogP contribution in [-0.2, 0) is 26.0 Å². The van der Waals surface area contributed by atoms with Crippen LogP contribution in [0.15, 0.2) is 59.5 Å². The van der Waals surface area contributed by atoms with Crippen molar-refractivity contribution < 1.29 is 22.8 Å². The van der Waals surface area contributed by atoms with Gasteiger partial charge >= 0.3 is 6.03 Å². The van der Waals surface area contributed by atoms with Crippen molar-refractivity contribution in [1.82, 2.24) is 14.5 Å². The molecule has 0 aromatic heterocycles. The van der Waals surface area contributed by atoms with Crippen molar-refractivity contribution >= 4 is 33.6 Å². The molecule has 1 saturated heterocycles. The molecule has 30 heavy (non-hydrogen) atoms. The van der Waals surface area contributed by atoms with Crippen molar-refractivity contribution in [3.8, 4) is 0 Å². The number of benzene rings is 2. The first-order chi connectivity index (χ1) is 14.2. The molecule has 9 nitrogen and oxygen atoms in total. The fourth-order valence-corrected chi connectivity index (χ4v) is 3.95. The first kappa shape index (κ1) is 21.5. The quantitative estimate of drug-likeness (QED) is 0.637. The lowest BCUT2D eigenvalue weighted by Gasteiger charge is -2.15.